The third-order valence-corrected chi connectivity index (χ3v) is 4.50. The summed E-state index contributed by atoms with van der Waals surface area (Å²) in [6.07, 6.45) is 9.79. The van der Waals surface area contributed by atoms with Crippen molar-refractivity contribution in [1.29, 1.82) is 0 Å². The van der Waals surface area contributed by atoms with Crippen molar-refractivity contribution in [2.45, 2.75) is 39.5 Å². The zero-order chi connectivity index (χ0) is 11.1. The normalized spacial score (nSPS) is 39.2. The van der Waals surface area contributed by atoms with Gasteiger partial charge in [-0.1, -0.05) is 43.4 Å². The maximum atomic E-state index is 4.33. The van der Waals surface area contributed by atoms with Crippen molar-refractivity contribution < 1.29 is 0 Å². The molecule has 0 radical (unpaired) electrons. The molecule has 0 N–H and O–H groups in total. The number of fused-ring (bicyclic) bond motifs is 2. The minimum atomic E-state index is 0.384. The predicted octanol–water partition coefficient (Wildman–Crippen LogP) is 4.50. The van der Waals surface area contributed by atoms with E-state index in [0.29, 0.717) is 5.41 Å². The minimum absolute atomic E-state index is 0.384. The van der Waals surface area contributed by atoms with Gasteiger partial charge in [0.05, 0.1) is 0 Å². The second-order valence-electron chi connectivity index (χ2n) is 5.60. The zero-order valence-electron chi connectivity index (χ0n) is 10.1. The molecule has 0 spiro atoms. The van der Waals surface area contributed by atoms with Crippen molar-refractivity contribution in [3.63, 3.8) is 0 Å². The first-order chi connectivity index (χ1) is 7.04. The van der Waals surface area contributed by atoms with Gasteiger partial charge in [0.1, 0.15) is 0 Å². The molecule has 0 nitrogen and oxygen atoms in total. The maximum Gasteiger partial charge on any atom is -0.00533 e. The van der Waals surface area contributed by atoms with Crippen LogP contribution in [0.2, 0.25) is 0 Å². The van der Waals surface area contributed by atoms with Crippen molar-refractivity contribution in [3.8, 4) is 0 Å². The molecule has 0 aromatic rings. The first-order valence-corrected chi connectivity index (χ1v) is 6.05. The van der Waals surface area contributed by atoms with Crippen molar-refractivity contribution in [2.75, 3.05) is 0 Å². The van der Waals surface area contributed by atoms with Gasteiger partial charge in [-0.2, -0.15) is 0 Å². The fourth-order valence-corrected chi connectivity index (χ4v) is 3.41. The maximum absolute atomic E-state index is 4.33. The van der Waals surface area contributed by atoms with Gasteiger partial charge in [-0.15, -0.1) is 0 Å². The van der Waals surface area contributed by atoms with Crippen molar-refractivity contribution >= 4 is 0 Å². The summed E-state index contributed by atoms with van der Waals surface area (Å²) in [4.78, 5) is 0. The quantitative estimate of drug-likeness (QED) is 0.467. The summed E-state index contributed by atoms with van der Waals surface area (Å²) >= 11 is 0. The highest BCUT2D eigenvalue weighted by Gasteiger charge is 2.49. The van der Waals surface area contributed by atoms with Crippen LogP contribution in [-0.2, 0) is 0 Å². The molecule has 2 aliphatic carbocycles. The number of hydrogen-bond donors (Lipinski definition) is 0. The molecule has 15 heavy (non-hydrogen) atoms. The minimum Gasteiger partial charge on any atom is -0.0990 e. The van der Waals surface area contributed by atoms with Crippen LogP contribution in [0.15, 0.2) is 36.5 Å². The Labute approximate surface area is 93.8 Å². The molecule has 3 unspecified atom stereocenters. The number of allylic oxidation sites excluding steroid dienone is 4. The van der Waals surface area contributed by atoms with Gasteiger partial charge >= 0.3 is 0 Å². The molecule has 0 aromatic carbocycles. The fourth-order valence-electron chi connectivity index (χ4n) is 3.41. The summed E-state index contributed by atoms with van der Waals surface area (Å²) < 4.78 is 0. The van der Waals surface area contributed by atoms with E-state index in [-0.39, 0.29) is 0 Å². The second-order valence-corrected chi connectivity index (χ2v) is 5.60. The fraction of sp³-hybridized carbons (Fsp3) is 0.600. The lowest BCUT2D eigenvalue weighted by atomic mass is 9.69. The Morgan fingerprint density at radius 2 is 2.27 bits per heavy atom. The van der Waals surface area contributed by atoms with E-state index in [0.717, 1.165) is 23.8 Å². The molecule has 0 aliphatic heterocycles. The van der Waals surface area contributed by atoms with E-state index in [1.807, 2.05) is 0 Å². The molecule has 2 aliphatic rings. The van der Waals surface area contributed by atoms with Gasteiger partial charge in [-0.3, -0.25) is 0 Å². The lowest BCUT2D eigenvalue weighted by molar-refractivity contribution is 0.261. The highest BCUT2D eigenvalue weighted by atomic mass is 14.5. The van der Waals surface area contributed by atoms with Gasteiger partial charge in [0.2, 0.25) is 0 Å². The van der Waals surface area contributed by atoms with Crippen molar-refractivity contribution in [1.82, 2.24) is 0 Å². The van der Waals surface area contributed by atoms with E-state index in [9.17, 15) is 0 Å². The van der Waals surface area contributed by atoms with Crippen LogP contribution in [0.25, 0.3) is 0 Å². The molecule has 2 bridgehead atoms. The van der Waals surface area contributed by atoms with E-state index >= 15 is 0 Å². The van der Waals surface area contributed by atoms with Crippen LogP contribution in [0, 0.1) is 17.3 Å². The lowest BCUT2D eigenvalue weighted by Crippen LogP contribution is -2.25. The van der Waals surface area contributed by atoms with Gasteiger partial charge in [-0.05, 0) is 49.9 Å². The molecule has 0 heteroatoms. The number of rotatable bonds is 3. The molecule has 2 rings (SSSR count). The monoisotopic (exact) mass is 202 g/mol. The Bertz CT molecular complexity index is 321. The third kappa shape index (κ3) is 1.71. The van der Waals surface area contributed by atoms with E-state index in [4.69, 9.17) is 0 Å². The van der Waals surface area contributed by atoms with Crippen LogP contribution in [0.1, 0.15) is 39.5 Å². The van der Waals surface area contributed by atoms with Gasteiger partial charge in [0.25, 0.3) is 0 Å². The summed E-state index contributed by atoms with van der Waals surface area (Å²) in [5.41, 5.74) is 3.05. The lowest BCUT2D eigenvalue weighted by Gasteiger charge is -2.35. The van der Waals surface area contributed by atoms with Crippen LogP contribution >= 0.6 is 0 Å². The molecule has 0 saturated heterocycles. The summed E-state index contributed by atoms with van der Waals surface area (Å²) in [7, 11) is 0. The van der Waals surface area contributed by atoms with Gasteiger partial charge < -0.3 is 0 Å². The molecule has 3 atom stereocenters. The SMILES string of the molecule is C=C(C)C=CCC1(C)C(=C)C2CCC1C2. The molecular formula is C15H22. The van der Waals surface area contributed by atoms with E-state index in [2.05, 4.69) is 39.2 Å². The summed E-state index contributed by atoms with van der Waals surface area (Å²) in [6.45, 7) is 12.7. The average molecular weight is 202 g/mol. The summed E-state index contributed by atoms with van der Waals surface area (Å²) in [5.74, 6) is 1.72. The second kappa shape index (κ2) is 3.66. The highest BCUT2D eigenvalue weighted by Crippen LogP contribution is 2.60. The van der Waals surface area contributed by atoms with Gasteiger partial charge in [-0.25, -0.2) is 0 Å². The molecule has 0 aromatic heterocycles. The Balaban J connectivity index is 2.07. The average Bonchev–Trinajstić information content (AvgIpc) is 2.70. The predicted molar refractivity (Wildman–Crippen MR) is 66.6 cm³/mol. The summed E-state index contributed by atoms with van der Waals surface area (Å²) in [6, 6.07) is 0. The van der Waals surface area contributed by atoms with Crippen LogP contribution in [-0.4, -0.2) is 0 Å². The standard InChI is InChI=1S/C15H22/c1-11(2)6-5-9-15(4)12(3)13-7-8-14(15)10-13/h5-6,13-14H,1,3,7-10H2,2,4H3. The van der Waals surface area contributed by atoms with Crippen LogP contribution in [0.3, 0.4) is 0 Å². The molecule has 0 amide bonds. The van der Waals surface area contributed by atoms with Crippen molar-refractivity contribution in [2.24, 2.45) is 17.3 Å². The smallest absolute Gasteiger partial charge is 0.00533 e. The first kappa shape index (κ1) is 10.7. The molecular weight excluding hydrogens is 180 g/mol. The first-order valence-electron chi connectivity index (χ1n) is 6.05. The van der Waals surface area contributed by atoms with Gasteiger partial charge in [0.15, 0.2) is 0 Å². The van der Waals surface area contributed by atoms with Crippen LogP contribution in [0.4, 0.5) is 0 Å². The van der Waals surface area contributed by atoms with Crippen LogP contribution < -0.4 is 0 Å². The number of hydrogen-bond acceptors (Lipinski definition) is 0. The van der Waals surface area contributed by atoms with E-state index in [1.165, 1.54) is 24.8 Å². The molecule has 82 valence electrons. The van der Waals surface area contributed by atoms with Crippen molar-refractivity contribution in [3.05, 3.63) is 36.5 Å². The van der Waals surface area contributed by atoms with Gasteiger partial charge in [0, 0.05) is 0 Å². The molecule has 2 fully saturated rings. The summed E-state index contributed by atoms with van der Waals surface area (Å²) in [5, 5.41) is 0. The topological polar surface area (TPSA) is 0 Å². The van der Waals surface area contributed by atoms with Crippen LogP contribution in [0.5, 0.6) is 0 Å². The highest BCUT2D eigenvalue weighted by molar-refractivity contribution is 5.26. The molecule has 2 saturated carbocycles. The van der Waals surface area contributed by atoms with E-state index < -0.39 is 0 Å². The zero-order valence-corrected chi connectivity index (χ0v) is 10.1. The van der Waals surface area contributed by atoms with E-state index in [1.54, 1.807) is 0 Å². The Morgan fingerprint density at radius 3 is 2.80 bits per heavy atom. The Hall–Kier alpha value is -0.780. The third-order valence-electron chi connectivity index (χ3n) is 4.50. The Kier molecular flexibility index (Phi) is 2.62. The largest absolute Gasteiger partial charge is 0.0990 e. The molecule has 0 heterocycles. The Morgan fingerprint density at radius 1 is 1.53 bits per heavy atom.